The molecule has 1 aromatic rings. The van der Waals surface area contributed by atoms with Crippen molar-refractivity contribution in [2.45, 2.75) is 17.9 Å². The van der Waals surface area contributed by atoms with Crippen molar-refractivity contribution >= 4 is 37.5 Å². The molecule has 0 aliphatic heterocycles. The van der Waals surface area contributed by atoms with Crippen LogP contribution >= 0.6 is 15.9 Å². The van der Waals surface area contributed by atoms with E-state index in [0.717, 1.165) is 6.07 Å². The molecule has 1 atom stereocenters. The first-order valence-corrected chi connectivity index (χ1v) is 6.99. The number of amides is 1. The molecule has 100 valence electrons. The highest BCUT2D eigenvalue weighted by Crippen LogP contribution is 2.26. The van der Waals surface area contributed by atoms with Crippen LogP contribution in [0.15, 0.2) is 21.5 Å². The number of nitrogen functional groups attached to an aromatic ring is 1. The van der Waals surface area contributed by atoms with Crippen molar-refractivity contribution < 1.29 is 17.6 Å². The van der Waals surface area contributed by atoms with Crippen LogP contribution in [0.4, 0.5) is 10.1 Å². The van der Waals surface area contributed by atoms with Gasteiger partial charge < -0.3 is 11.5 Å². The maximum Gasteiger partial charge on any atom is 0.244 e. The van der Waals surface area contributed by atoms with Gasteiger partial charge in [-0.25, -0.2) is 12.8 Å². The molecule has 0 saturated heterocycles. The van der Waals surface area contributed by atoms with Crippen LogP contribution in [0, 0.1) is 5.82 Å². The Hall–Kier alpha value is -1.19. The second-order valence-electron chi connectivity index (χ2n) is 3.56. The summed E-state index contributed by atoms with van der Waals surface area (Å²) in [7, 11) is -4.22. The molecular formula is C9H11BrFN3O3S. The molecule has 1 amide bonds. The van der Waals surface area contributed by atoms with Crippen molar-refractivity contribution in [1.29, 1.82) is 0 Å². The molecule has 1 aromatic carbocycles. The molecule has 0 saturated carbocycles. The SMILES string of the molecule is CC(NS(=O)(=O)c1cc(N)cc(Br)c1F)C(N)=O. The summed E-state index contributed by atoms with van der Waals surface area (Å²) in [6, 6.07) is 1.02. The van der Waals surface area contributed by atoms with E-state index in [2.05, 4.69) is 15.9 Å². The van der Waals surface area contributed by atoms with Crippen molar-refractivity contribution in [3.63, 3.8) is 0 Å². The molecule has 0 aromatic heterocycles. The fourth-order valence-corrected chi connectivity index (χ4v) is 3.09. The Morgan fingerprint density at radius 1 is 1.50 bits per heavy atom. The summed E-state index contributed by atoms with van der Waals surface area (Å²) in [6.45, 7) is 1.25. The molecule has 0 spiro atoms. The van der Waals surface area contributed by atoms with Crippen molar-refractivity contribution in [3.8, 4) is 0 Å². The number of carbonyl (C=O) groups is 1. The lowest BCUT2D eigenvalue weighted by Gasteiger charge is -2.12. The van der Waals surface area contributed by atoms with E-state index in [0.29, 0.717) is 0 Å². The first-order valence-electron chi connectivity index (χ1n) is 4.71. The van der Waals surface area contributed by atoms with E-state index in [1.54, 1.807) is 0 Å². The van der Waals surface area contributed by atoms with Crippen LogP contribution in [0.5, 0.6) is 0 Å². The highest BCUT2D eigenvalue weighted by Gasteiger charge is 2.25. The van der Waals surface area contributed by atoms with Crippen molar-refractivity contribution in [3.05, 3.63) is 22.4 Å². The number of rotatable bonds is 4. The third-order valence-electron chi connectivity index (χ3n) is 2.07. The van der Waals surface area contributed by atoms with Crippen molar-refractivity contribution in [2.75, 3.05) is 5.73 Å². The molecule has 0 radical (unpaired) electrons. The highest BCUT2D eigenvalue weighted by molar-refractivity contribution is 9.10. The van der Waals surface area contributed by atoms with Gasteiger partial charge in [-0.1, -0.05) is 0 Å². The van der Waals surface area contributed by atoms with Crippen LogP contribution in [0.2, 0.25) is 0 Å². The molecule has 5 N–H and O–H groups in total. The lowest BCUT2D eigenvalue weighted by atomic mass is 10.3. The van der Waals surface area contributed by atoms with Crippen molar-refractivity contribution in [1.82, 2.24) is 4.72 Å². The Labute approximate surface area is 112 Å². The smallest absolute Gasteiger partial charge is 0.244 e. The molecule has 0 bridgehead atoms. The normalized spacial score (nSPS) is 13.3. The lowest BCUT2D eigenvalue weighted by molar-refractivity contribution is -0.119. The van der Waals surface area contributed by atoms with Gasteiger partial charge in [0.25, 0.3) is 0 Å². The Morgan fingerprint density at radius 3 is 2.56 bits per heavy atom. The first kappa shape index (κ1) is 14.9. The number of carbonyl (C=O) groups excluding carboxylic acids is 1. The zero-order chi connectivity index (χ0) is 14.1. The summed E-state index contributed by atoms with van der Waals surface area (Å²) in [5.41, 5.74) is 10.4. The number of hydrogen-bond donors (Lipinski definition) is 3. The van der Waals surface area contributed by atoms with E-state index in [1.807, 2.05) is 4.72 Å². The summed E-state index contributed by atoms with van der Waals surface area (Å²) in [6.07, 6.45) is 0. The fraction of sp³-hybridized carbons (Fsp3) is 0.222. The second kappa shape index (κ2) is 5.21. The highest BCUT2D eigenvalue weighted by atomic mass is 79.9. The van der Waals surface area contributed by atoms with Crippen LogP contribution in [-0.2, 0) is 14.8 Å². The molecule has 0 heterocycles. The number of hydrogen-bond acceptors (Lipinski definition) is 4. The van der Waals surface area contributed by atoms with Gasteiger partial charge in [-0.2, -0.15) is 4.72 Å². The number of benzene rings is 1. The minimum Gasteiger partial charge on any atom is -0.399 e. The molecular weight excluding hydrogens is 329 g/mol. The van der Waals surface area contributed by atoms with Gasteiger partial charge in [-0.15, -0.1) is 0 Å². The quantitative estimate of drug-likeness (QED) is 0.685. The van der Waals surface area contributed by atoms with Gasteiger partial charge in [-0.05, 0) is 35.0 Å². The molecule has 18 heavy (non-hydrogen) atoms. The van der Waals surface area contributed by atoms with Gasteiger partial charge in [0.2, 0.25) is 15.9 Å². The van der Waals surface area contributed by atoms with Gasteiger partial charge >= 0.3 is 0 Å². The molecule has 0 aliphatic carbocycles. The van der Waals surface area contributed by atoms with Crippen LogP contribution in [0.1, 0.15) is 6.92 Å². The minimum atomic E-state index is -4.22. The van der Waals surface area contributed by atoms with Gasteiger partial charge in [0, 0.05) is 5.69 Å². The number of halogens is 2. The average molecular weight is 340 g/mol. The largest absolute Gasteiger partial charge is 0.399 e. The van der Waals surface area contributed by atoms with E-state index < -0.39 is 32.7 Å². The van der Waals surface area contributed by atoms with Crippen LogP contribution in [-0.4, -0.2) is 20.4 Å². The zero-order valence-corrected chi connectivity index (χ0v) is 11.7. The fourth-order valence-electron chi connectivity index (χ4n) is 1.13. The summed E-state index contributed by atoms with van der Waals surface area (Å²) >= 11 is 2.85. The zero-order valence-electron chi connectivity index (χ0n) is 9.28. The third-order valence-corrected chi connectivity index (χ3v) is 4.18. The van der Waals surface area contributed by atoms with Crippen LogP contribution < -0.4 is 16.2 Å². The Kier molecular flexibility index (Phi) is 4.30. The van der Waals surface area contributed by atoms with Gasteiger partial charge in [0.1, 0.15) is 4.90 Å². The van der Waals surface area contributed by atoms with Crippen LogP contribution in [0.25, 0.3) is 0 Å². The van der Waals surface area contributed by atoms with Gasteiger partial charge in [0.05, 0.1) is 10.5 Å². The number of nitrogens with two attached hydrogens (primary N) is 2. The van der Waals surface area contributed by atoms with E-state index >= 15 is 0 Å². The topological polar surface area (TPSA) is 115 Å². The number of primary amides is 1. The molecule has 0 fully saturated rings. The van der Waals surface area contributed by atoms with Crippen molar-refractivity contribution in [2.24, 2.45) is 5.73 Å². The summed E-state index contributed by atoms with van der Waals surface area (Å²) in [4.78, 5) is 10.1. The second-order valence-corrected chi connectivity index (χ2v) is 6.10. The Morgan fingerprint density at radius 2 is 2.06 bits per heavy atom. The molecule has 0 aliphatic rings. The average Bonchev–Trinajstić information content (AvgIpc) is 2.22. The standard InChI is InChI=1S/C9H11BrFN3O3S/c1-4(9(13)15)14-18(16,17)7-3-5(12)2-6(10)8(7)11/h2-4,14H,12H2,1H3,(H2,13,15). The Bertz CT molecular complexity index is 591. The summed E-state index contributed by atoms with van der Waals surface area (Å²) in [5, 5.41) is 0. The predicted molar refractivity (Wildman–Crippen MR) is 67.5 cm³/mol. The first-order chi connectivity index (χ1) is 8.15. The summed E-state index contributed by atoms with van der Waals surface area (Å²) in [5.74, 6) is -1.87. The van der Waals surface area contributed by atoms with Gasteiger partial charge in [0.15, 0.2) is 5.82 Å². The summed E-state index contributed by atoms with van der Waals surface area (Å²) < 4.78 is 39.2. The molecule has 6 nitrogen and oxygen atoms in total. The molecule has 1 rings (SSSR count). The number of nitrogens with one attached hydrogen (secondary N) is 1. The predicted octanol–water partition coefficient (Wildman–Crippen LogP) is 0.323. The monoisotopic (exact) mass is 339 g/mol. The number of sulfonamides is 1. The maximum atomic E-state index is 13.7. The molecule has 9 heteroatoms. The minimum absolute atomic E-state index is 0.0652. The lowest BCUT2D eigenvalue weighted by Crippen LogP contribution is -2.42. The third kappa shape index (κ3) is 3.18. The van der Waals surface area contributed by atoms with E-state index in [-0.39, 0.29) is 10.2 Å². The van der Waals surface area contributed by atoms with Crippen LogP contribution in [0.3, 0.4) is 0 Å². The maximum absolute atomic E-state index is 13.7. The van der Waals surface area contributed by atoms with E-state index in [1.165, 1.54) is 13.0 Å². The number of anilines is 1. The van der Waals surface area contributed by atoms with Gasteiger partial charge in [-0.3, -0.25) is 4.79 Å². The van der Waals surface area contributed by atoms with E-state index in [4.69, 9.17) is 11.5 Å². The molecule has 1 unspecified atom stereocenters. The van der Waals surface area contributed by atoms with E-state index in [9.17, 15) is 17.6 Å². The Balaban J connectivity index is 3.25.